The summed E-state index contributed by atoms with van der Waals surface area (Å²) >= 11 is 0. The molecule has 2 fully saturated rings. The minimum Gasteiger partial charge on any atom is -0.375 e. The normalized spacial score (nSPS) is 22.2. The molecule has 4 heterocycles. The lowest BCUT2D eigenvalue weighted by Gasteiger charge is -2.46. The molecule has 4 rings (SSSR count). The second-order valence-electron chi connectivity index (χ2n) is 6.86. The topological polar surface area (TPSA) is 93.1 Å². The molecule has 1 spiro atoms. The first-order chi connectivity index (χ1) is 12.7. The Morgan fingerprint density at radius 2 is 2.00 bits per heavy atom. The molecule has 2 aromatic heterocycles. The summed E-state index contributed by atoms with van der Waals surface area (Å²) in [6.45, 7) is 2.10. The van der Waals surface area contributed by atoms with E-state index in [1.54, 1.807) is 24.7 Å². The van der Waals surface area contributed by atoms with Crippen molar-refractivity contribution < 1.29 is 9.53 Å². The minimum atomic E-state index is -0.169. The maximum absolute atomic E-state index is 12.6. The van der Waals surface area contributed by atoms with E-state index < -0.39 is 0 Å². The third-order valence-electron chi connectivity index (χ3n) is 5.19. The lowest BCUT2D eigenvalue weighted by atomic mass is 9.82. The third kappa shape index (κ3) is 3.65. The van der Waals surface area contributed by atoms with Gasteiger partial charge in [-0.2, -0.15) is 10.2 Å². The molecule has 1 N–H and O–H groups in total. The van der Waals surface area contributed by atoms with Crippen LogP contribution in [-0.4, -0.2) is 62.3 Å². The Morgan fingerprint density at radius 1 is 1.19 bits per heavy atom. The molecule has 8 heteroatoms. The second kappa shape index (κ2) is 7.33. The Hall–Kier alpha value is -2.61. The highest BCUT2D eigenvalue weighted by Gasteiger charge is 2.41. The van der Waals surface area contributed by atoms with Crippen molar-refractivity contribution in [1.82, 2.24) is 25.1 Å². The van der Waals surface area contributed by atoms with Crippen molar-refractivity contribution in [3.63, 3.8) is 0 Å². The Morgan fingerprint density at radius 3 is 2.73 bits per heavy atom. The number of nitrogens with zero attached hydrogens (tertiary/aromatic N) is 5. The van der Waals surface area contributed by atoms with Crippen LogP contribution in [0.5, 0.6) is 0 Å². The molecule has 8 nitrogen and oxygen atoms in total. The van der Waals surface area contributed by atoms with Gasteiger partial charge >= 0.3 is 0 Å². The lowest BCUT2D eigenvalue weighted by molar-refractivity contribution is -0.110. The smallest absolute Gasteiger partial charge is 0.255 e. The van der Waals surface area contributed by atoms with E-state index in [0.717, 1.165) is 25.7 Å². The van der Waals surface area contributed by atoms with Crippen LogP contribution >= 0.6 is 0 Å². The SMILES string of the molecule is O=C(c1ccnnc1)N1CCC2(CC1)C[C@@H](Nc1ncccn1)CCO2. The van der Waals surface area contributed by atoms with E-state index in [2.05, 4.69) is 25.5 Å². The molecule has 136 valence electrons. The van der Waals surface area contributed by atoms with Gasteiger partial charge in [0.1, 0.15) is 0 Å². The second-order valence-corrected chi connectivity index (χ2v) is 6.86. The molecule has 0 bridgehead atoms. The van der Waals surface area contributed by atoms with Gasteiger partial charge in [0.05, 0.1) is 23.6 Å². The molecule has 0 saturated carbocycles. The predicted octanol–water partition coefficient (Wildman–Crippen LogP) is 1.53. The molecule has 0 unspecified atom stereocenters. The summed E-state index contributed by atoms with van der Waals surface area (Å²) in [6, 6.07) is 3.80. The molecule has 1 atom stereocenters. The Labute approximate surface area is 152 Å². The Kier molecular flexibility index (Phi) is 4.75. The number of aromatic nitrogens is 4. The third-order valence-corrected chi connectivity index (χ3v) is 5.19. The van der Waals surface area contributed by atoms with Crippen molar-refractivity contribution in [3.8, 4) is 0 Å². The standard InChI is InChI=1S/C18H22N6O2/c25-16(14-2-8-21-22-13-14)24-9-4-18(5-10-24)12-15(3-11-26-18)23-17-19-6-1-7-20-17/h1-2,6-8,13,15H,3-5,9-12H2,(H,19,20,23)/t15-/m0/s1. The fourth-order valence-electron chi connectivity index (χ4n) is 3.77. The average Bonchev–Trinajstić information content (AvgIpc) is 2.70. The predicted molar refractivity (Wildman–Crippen MR) is 94.5 cm³/mol. The van der Waals surface area contributed by atoms with Crippen LogP contribution in [0.25, 0.3) is 0 Å². The maximum Gasteiger partial charge on any atom is 0.255 e. The fourth-order valence-corrected chi connectivity index (χ4v) is 3.77. The number of ether oxygens (including phenoxy) is 1. The molecular formula is C18H22N6O2. The number of anilines is 1. The van der Waals surface area contributed by atoms with E-state index in [1.807, 2.05) is 11.0 Å². The zero-order chi connectivity index (χ0) is 17.8. The molecule has 1 amide bonds. The van der Waals surface area contributed by atoms with Crippen molar-refractivity contribution in [2.24, 2.45) is 0 Å². The monoisotopic (exact) mass is 354 g/mol. The van der Waals surface area contributed by atoms with Crippen molar-refractivity contribution in [2.45, 2.75) is 37.3 Å². The quantitative estimate of drug-likeness (QED) is 0.893. The highest BCUT2D eigenvalue weighted by molar-refractivity contribution is 5.93. The number of amides is 1. The molecule has 2 saturated heterocycles. The van der Waals surface area contributed by atoms with Crippen LogP contribution in [0.4, 0.5) is 5.95 Å². The minimum absolute atomic E-state index is 0.0120. The van der Waals surface area contributed by atoms with E-state index in [-0.39, 0.29) is 17.6 Å². The summed E-state index contributed by atoms with van der Waals surface area (Å²) in [5.41, 5.74) is 0.416. The molecule has 2 aliphatic rings. The van der Waals surface area contributed by atoms with Crippen LogP contribution in [0.15, 0.2) is 36.9 Å². The number of carbonyl (C=O) groups excluding carboxylic acids is 1. The number of carbonyl (C=O) groups is 1. The number of nitrogens with one attached hydrogen (secondary N) is 1. The maximum atomic E-state index is 12.6. The van der Waals surface area contributed by atoms with Gasteiger partial charge in [0.2, 0.25) is 5.95 Å². The molecule has 2 aromatic rings. The number of hydrogen-bond acceptors (Lipinski definition) is 7. The van der Waals surface area contributed by atoms with Crippen molar-refractivity contribution in [2.75, 3.05) is 25.0 Å². The summed E-state index contributed by atoms with van der Waals surface area (Å²) in [4.78, 5) is 22.9. The molecular weight excluding hydrogens is 332 g/mol. The largest absolute Gasteiger partial charge is 0.375 e. The lowest BCUT2D eigenvalue weighted by Crippen LogP contribution is -2.52. The summed E-state index contributed by atoms with van der Waals surface area (Å²) < 4.78 is 6.17. The molecule has 0 aromatic carbocycles. The summed E-state index contributed by atoms with van der Waals surface area (Å²) in [5, 5.41) is 10.9. The first-order valence-electron chi connectivity index (χ1n) is 8.98. The van der Waals surface area contributed by atoms with Gasteiger partial charge in [-0.3, -0.25) is 4.79 Å². The first-order valence-corrected chi connectivity index (χ1v) is 8.98. The molecule has 26 heavy (non-hydrogen) atoms. The van der Waals surface area contributed by atoms with Crippen LogP contribution < -0.4 is 5.32 Å². The number of likely N-dealkylation sites (tertiary alicyclic amines) is 1. The van der Waals surface area contributed by atoms with Crippen LogP contribution in [0, 0.1) is 0 Å². The van der Waals surface area contributed by atoms with Crippen LogP contribution in [0.1, 0.15) is 36.0 Å². The van der Waals surface area contributed by atoms with E-state index >= 15 is 0 Å². The van der Waals surface area contributed by atoms with Crippen LogP contribution in [0.2, 0.25) is 0 Å². The van der Waals surface area contributed by atoms with Gasteiger partial charge in [0.15, 0.2) is 0 Å². The zero-order valence-electron chi connectivity index (χ0n) is 14.5. The van der Waals surface area contributed by atoms with Crippen LogP contribution in [0.3, 0.4) is 0 Å². The molecule has 2 aliphatic heterocycles. The van der Waals surface area contributed by atoms with Crippen LogP contribution in [-0.2, 0) is 4.74 Å². The Balaban J connectivity index is 1.36. The van der Waals surface area contributed by atoms with Gasteiger partial charge in [0, 0.05) is 38.1 Å². The van der Waals surface area contributed by atoms with E-state index in [1.165, 1.54) is 6.20 Å². The fraction of sp³-hybridized carbons (Fsp3) is 0.500. The Bertz CT molecular complexity index is 734. The average molecular weight is 354 g/mol. The number of piperidine rings is 1. The van der Waals surface area contributed by atoms with Crippen molar-refractivity contribution in [3.05, 3.63) is 42.5 Å². The molecule has 0 aliphatic carbocycles. The number of rotatable bonds is 3. The zero-order valence-corrected chi connectivity index (χ0v) is 14.5. The van der Waals surface area contributed by atoms with Gasteiger partial charge in [0.25, 0.3) is 5.91 Å². The highest BCUT2D eigenvalue weighted by Crippen LogP contribution is 2.36. The van der Waals surface area contributed by atoms with E-state index in [9.17, 15) is 4.79 Å². The van der Waals surface area contributed by atoms with E-state index in [0.29, 0.717) is 31.2 Å². The summed E-state index contributed by atoms with van der Waals surface area (Å²) in [7, 11) is 0. The van der Waals surface area contributed by atoms with Gasteiger partial charge in [-0.1, -0.05) is 0 Å². The van der Waals surface area contributed by atoms with Gasteiger partial charge < -0.3 is 15.0 Å². The first kappa shape index (κ1) is 16.8. The summed E-state index contributed by atoms with van der Waals surface area (Å²) in [6.07, 6.45) is 10.1. The van der Waals surface area contributed by atoms with Gasteiger partial charge in [-0.15, -0.1) is 0 Å². The molecule has 0 radical (unpaired) electrons. The van der Waals surface area contributed by atoms with Gasteiger partial charge in [-0.05, 0) is 37.8 Å². The van der Waals surface area contributed by atoms with Crippen molar-refractivity contribution in [1.29, 1.82) is 0 Å². The number of hydrogen-bond donors (Lipinski definition) is 1. The van der Waals surface area contributed by atoms with Gasteiger partial charge in [-0.25, -0.2) is 9.97 Å². The van der Waals surface area contributed by atoms with E-state index in [4.69, 9.17) is 4.74 Å². The highest BCUT2D eigenvalue weighted by atomic mass is 16.5. The van der Waals surface area contributed by atoms with Crippen molar-refractivity contribution >= 4 is 11.9 Å². The summed E-state index contributed by atoms with van der Waals surface area (Å²) in [5.74, 6) is 0.672.